The van der Waals surface area contributed by atoms with Crippen molar-refractivity contribution in [3.05, 3.63) is 24.3 Å². The van der Waals surface area contributed by atoms with Crippen LogP contribution in [0.15, 0.2) is 24.3 Å². The topological polar surface area (TPSA) is 23.5 Å². The SMILES string of the molecule is CCCCCCCC/C=C\CCCCCCCCCN(C)CC(O)C(C)C(CC)CCCCCCCC/C=C\CCCCCCCC. The van der Waals surface area contributed by atoms with Gasteiger partial charge in [-0.1, -0.05) is 193 Å². The molecule has 47 heavy (non-hydrogen) atoms. The molecular formula is C45H89NO. The molecule has 0 aliphatic heterocycles. The van der Waals surface area contributed by atoms with Crippen LogP contribution in [-0.4, -0.2) is 36.2 Å². The lowest BCUT2D eigenvalue weighted by Gasteiger charge is -2.30. The Morgan fingerprint density at radius 1 is 0.468 bits per heavy atom. The number of nitrogens with zero attached hydrogens (tertiary/aromatic N) is 1. The van der Waals surface area contributed by atoms with Gasteiger partial charge in [0.2, 0.25) is 0 Å². The predicted octanol–water partition coefficient (Wildman–Crippen LogP) is 14.8. The van der Waals surface area contributed by atoms with E-state index in [2.05, 4.69) is 63.9 Å². The first-order chi connectivity index (χ1) is 23.1. The number of rotatable bonds is 38. The summed E-state index contributed by atoms with van der Waals surface area (Å²) in [7, 11) is 2.21. The van der Waals surface area contributed by atoms with E-state index in [1.54, 1.807) is 0 Å². The number of aliphatic hydroxyl groups excluding tert-OH is 1. The van der Waals surface area contributed by atoms with Gasteiger partial charge in [0.25, 0.3) is 0 Å². The van der Waals surface area contributed by atoms with Gasteiger partial charge in [-0.3, -0.25) is 0 Å². The molecule has 2 nitrogen and oxygen atoms in total. The first kappa shape index (κ1) is 46.4. The smallest absolute Gasteiger partial charge is 0.0695 e. The van der Waals surface area contributed by atoms with E-state index in [4.69, 9.17) is 0 Å². The van der Waals surface area contributed by atoms with E-state index in [-0.39, 0.29) is 6.10 Å². The van der Waals surface area contributed by atoms with Crippen molar-refractivity contribution in [1.29, 1.82) is 0 Å². The number of hydrogen-bond acceptors (Lipinski definition) is 2. The summed E-state index contributed by atoms with van der Waals surface area (Å²) in [6, 6.07) is 0. The molecule has 0 saturated carbocycles. The summed E-state index contributed by atoms with van der Waals surface area (Å²) in [6.45, 7) is 11.2. The largest absolute Gasteiger partial charge is 0.392 e. The van der Waals surface area contributed by atoms with Gasteiger partial charge in [0, 0.05) is 6.54 Å². The van der Waals surface area contributed by atoms with E-state index >= 15 is 0 Å². The first-order valence-electron chi connectivity index (χ1n) is 21.7. The van der Waals surface area contributed by atoms with Crippen molar-refractivity contribution >= 4 is 0 Å². The molecule has 2 heteroatoms. The average Bonchev–Trinajstić information content (AvgIpc) is 3.07. The van der Waals surface area contributed by atoms with Gasteiger partial charge in [0.1, 0.15) is 0 Å². The van der Waals surface area contributed by atoms with Gasteiger partial charge < -0.3 is 10.0 Å². The lowest BCUT2D eigenvalue weighted by atomic mass is 9.83. The maximum absolute atomic E-state index is 11.0. The molecular weight excluding hydrogens is 571 g/mol. The fourth-order valence-electron chi connectivity index (χ4n) is 7.19. The minimum atomic E-state index is -0.195. The third-order valence-electron chi connectivity index (χ3n) is 10.8. The Hall–Kier alpha value is -0.600. The van der Waals surface area contributed by atoms with Crippen LogP contribution in [-0.2, 0) is 0 Å². The van der Waals surface area contributed by atoms with Gasteiger partial charge in [-0.25, -0.2) is 0 Å². The van der Waals surface area contributed by atoms with E-state index in [1.807, 2.05) is 0 Å². The predicted molar refractivity (Wildman–Crippen MR) is 215 cm³/mol. The molecule has 0 rings (SSSR count). The van der Waals surface area contributed by atoms with Crippen LogP contribution in [0.25, 0.3) is 0 Å². The van der Waals surface area contributed by atoms with E-state index in [1.165, 1.54) is 199 Å². The normalized spacial score (nSPS) is 14.2. The molecule has 1 N–H and O–H groups in total. The lowest BCUT2D eigenvalue weighted by Crippen LogP contribution is -2.36. The number of hydrogen-bond donors (Lipinski definition) is 1. The van der Waals surface area contributed by atoms with E-state index in [0.717, 1.165) is 13.1 Å². The van der Waals surface area contributed by atoms with E-state index < -0.39 is 0 Å². The molecule has 280 valence electrons. The van der Waals surface area contributed by atoms with Crippen LogP contribution in [0.5, 0.6) is 0 Å². The van der Waals surface area contributed by atoms with Crippen molar-refractivity contribution < 1.29 is 5.11 Å². The summed E-state index contributed by atoms with van der Waals surface area (Å²) in [5, 5.41) is 11.0. The highest BCUT2D eigenvalue weighted by molar-refractivity contribution is 4.82. The molecule has 0 spiro atoms. The number of likely N-dealkylation sites (N-methyl/N-ethyl adjacent to an activating group) is 1. The molecule has 0 saturated heterocycles. The Balaban J connectivity index is 3.67. The standard InChI is InChI=1S/C45H89NO/c1-6-9-11-13-15-17-19-21-23-25-27-29-31-33-35-37-39-41-46(5)42-45(47)43(4)44(8-3)40-38-36-34-32-30-28-26-24-22-20-18-16-14-12-10-7-2/h21-24,43-45,47H,6-20,25-42H2,1-5H3/b23-21-,24-22-. The van der Waals surface area contributed by atoms with Crippen LogP contribution in [0.4, 0.5) is 0 Å². The molecule has 0 bridgehead atoms. The zero-order valence-corrected chi connectivity index (χ0v) is 33.3. The lowest BCUT2D eigenvalue weighted by molar-refractivity contribution is 0.0484. The van der Waals surface area contributed by atoms with Crippen LogP contribution in [0.3, 0.4) is 0 Å². The molecule has 0 fully saturated rings. The van der Waals surface area contributed by atoms with Crippen LogP contribution >= 0.6 is 0 Å². The molecule has 0 radical (unpaired) electrons. The maximum atomic E-state index is 11.0. The fraction of sp³-hybridized carbons (Fsp3) is 0.911. The monoisotopic (exact) mass is 660 g/mol. The molecule has 0 aromatic heterocycles. The second-order valence-electron chi connectivity index (χ2n) is 15.4. The average molecular weight is 660 g/mol. The molecule has 0 amide bonds. The number of allylic oxidation sites excluding steroid dienone is 4. The van der Waals surface area contributed by atoms with Crippen molar-refractivity contribution in [3.8, 4) is 0 Å². The fourth-order valence-corrected chi connectivity index (χ4v) is 7.19. The molecule has 3 unspecified atom stereocenters. The zero-order chi connectivity index (χ0) is 34.5. The van der Waals surface area contributed by atoms with E-state index in [9.17, 15) is 5.11 Å². The highest BCUT2D eigenvalue weighted by Gasteiger charge is 2.23. The second-order valence-corrected chi connectivity index (χ2v) is 15.4. The Bertz CT molecular complexity index is 642. The van der Waals surface area contributed by atoms with Crippen molar-refractivity contribution in [1.82, 2.24) is 4.90 Å². The summed E-state index contributed by atoms with van der Waals surface area (Å²) in [5.41, 5.74) is 0. The molecule has 0 aromatic carbocycles. The minimum absolute atomic E-state index is 0.195. The molecule has 0 heterocycles. The van der Waals surface area contributed by atoms with E-state index in [0.29, 0.717) is 11.8 Å². The number of unbranched alkanes of at least 4 members (excludes halogenated alkanes) is 25. The van der Waals surface area contributed by atoms with Crippen molar-refractivity contribution in [2.24, 2.45) is 11.8 Å². The molecule has 0 aromatic rings. The Kier molecular flexibility index (Phi) is 37.7. The second kappa shape index (κ2) is 38.2. The van der Waals surface area contributed by atoms with Gasteiger partial charge >= 0.3 is 0 Å². The van der Waals surface area contributed by atoms with Gasteiger partial charge in [-0.2, -0.15) is 0 Å². The van der Waals surface area contributed by atoms with Crippen molar-refractivity contribution in [3.63, 3.8) is 0 Å². The highest BCUT2D eigenvalue weighted by atomic mass is 16.3. The molecule has 0 aliphatic carbocycles. The Labute approximate surface area is 298 Å². The number of aliphatic hydroxyl groups is 1. The van der Waals surface area contributed by atoms with Crippen LogP contribution in [0, 0.1) is 11.8 Å². The third kappa shape index (κ3) is 33.7. The summed E-state index contributed by atoms with van der Waals surface area (Å²) in [6.07, 6.45) is 51.7. The Morgan fingerprint density at radius 2 is 0.809 bits per heavy atom. The zero-order valence-electron chi connectivity index (χ0n) is 33.3. The maximum Gasteiger partial charge on any atom is 0.0695 e. The highest BCUT2D eigenvalue weighted by Crippen LogP contribution is 2.26. The van der Waals surface area contributed by atoms with Crippen LogP contribution < -0.4 is 0 Å². The van der Waals surface area contributed by atoms with Gasteiger partial charge in [0.05, 0.1) is 6.10 Å². The van der Waals surface area contributed by atoms with Crippen molar-refractivity contribution in [2.75, 3.05) is 20.1 Å². The third-order valence-corrected chi connectivity index (χ3v) is 10.8. The quantitative estimate of drug-likeness (QED) is 0.0526. The van der Waals surface area contributed by atoms with Crippen molar-refractivity contribution in [2.45, 2.75) is 233 Å². The van der Waals surface area contributed by atoms with Gasteiger partial charge in [-0.15, -0.1) is 0 Å². The molecule has 0 aliphatic rings. The van der Waals surface area contributed by atoms with Gasteiger partial charge in [0.15, 0.2) is 0 Å². The first-order valence-corrected chi connectivity index (χ1v) is 21.7. The summed E-state index contributed by atoms with van der Waals surface area (Å²) < 4.78 is 0. The van der Waals surface area contributed by atoms with Gasteiger partial charge in [-0.05, 0) is 83.2 Å². The Morgan fingerprint density at radius 3 is 1.19 bits per heavy atom. The summed E-state index contributed by atoms with van der Waals surface area (Å²) in [4.78, 5) is 2.38. The minimum Gasteiger partial charge on any atom is -0.392 e. The summed E-state index contributed by atoms with van der Waals surface area (Å²) in [5.74, 6) is 1.06. The summed E-state index contributed by atoms with van der Waals surface area (Å²) >= 11 is 0. The molecule has 3 atom stereocenters. The van der Waals surface area contributed by atoms with Crippen LogP contribution in [0.2, 0.25) is 0 Å². The van der Waals surface area contributed by atoms with Crippen LogP contribution in [0.1, 0.15) is 227 Å².